The first-order valence-electron chi connectivity index (χ1n) is 7.43. The van der Waals surface area contributed by atoms with Crippen LogP contribution >= 0.6 is 0 Å². The van der Waals surface area contributed by atoms with E-state index in [2.05, 4.69) is 11.9 Å². The van der Waals surface area contributed by atoms with E-state index in [9.17, 15) is 9.59 Å². The van der Waals surface area contributed by atoms with Gasteiger partial charge in [0.05, 0.1) is 0 Å². The zero-order valence-electron chi connectivity index (χ0n) is 13.1. The molecule has 0 spiro atoms. The van der Waals surface area contributed by atoms with Gasteiger partial charge in [-0.05, 0) is 39.0 Å². The van der Waals surface area contributed by atoms with Gasteiger partial charge in [0.1, 0.15) is 6.10 Å². The van der Waals surface area contributed by atoms with Crippen molar-refractivity contribution < 1.29 is 14.3 Å². The summed E-state index contributed by atoms with van der Waals surface area (Å²) in [5.41, 5.74) is 0.119. The van der Waals surface area contributed by atoms with Gasteiger partial charge in [0.15, 0.2) is 0 Å². The number of carbonyl (C=O) groups is 2. The second kappa shape index (κ2) is 6.91. The summed E-state index contributed by atoms with van der Waals surface area (Å²) in [4.78, 5) is 23.6. The Hall–Kier alpha value is -1.32. The minimum absolute atomic E-state index is 0.0356. The maximum absolute atomic E-state index is 12.1. The van der Waals surface area contributed by atoms with Crippen molar-refractivity contribution in [3.05, 3.63) is 12.2 Å². The zero-order chi connectivity index (χ0) is 15.3. The molecule has 0 heterocycles. The molecule has 114 valence electrons. The molecule has 4 heteroatoms. The van der Waals surface area contributed by atoms with Gasteiger partial charge in [-0.3, -0.25) is 4.79 Å². The summed E-state index contributed by atoms with van der Waals surface area (Å²) in [5.74, 6) is -0.202. The van der Waals surface area contributed by atoms with Crippen LogP contribution in [0.25, 0.3) is 0 Å². The monoisotopic (exact) mass is 281 g/mol. The van der Waals surface area contributed by atoms with Gasteiger partial charge in [-0.15, -0.1) is 0 Å². The van der Waals surface area contributed by atoms with Crippen LogP contribution in [0.4, 0.5) is 0 Å². The standard InChI is InChI=1S/C16H27NO3/c1-6-16(4,5)15(19)17-12-7-9-13(10-8-12)20-14(18)11(2)3/h12-13H,2,6-10H2,1,3-5H3,(H,17,19). The number of ether oxygens (including phenoxy) is 1. The summed E-state index contributed by atoms with van der Waals surface area (Å²) in [6, 6.07) is 0.202. The molecular formula is C16H27NO3. The number of hydrogen-bond donors (Lipinski definition) is 1. The number of nitrogens with one attached hydrogen (secondary N) is 1. The minimum atomic E-state index is -0.316. The van der Waals surface area contributed by atoms with E-state index >= 15 is 0 Å². The van der Waals surface area contributed by atoms with Crippen LogP contribution in [-0.4, -0.2) is 24.0 Å². The highest BCUT2D eigenvalue weighted by molar-refractivity contribution is 5.87. The van der Waals surface area contributed by atoms with Crippen LogP contribution in [0.5, 0.6) is 0 Å². The fourth-order valence-corrected chi connectivity index (χ4v) is 2.12. The predicted octanol–water partition coefficient (Wildman–Crippen LogP) is 2.97. The average molecular weight is 281 g/mol. The molecule has 1 rings (SSSR count). The molecule has 0 aromatic carbocycles. The smallest absolute Gasteiger partial charge is 0.333 e. The number of amides is 1. The maximum atomic E-state index is 12.1. The van der Waals surface area contributed by atoms with Gasteiger partial charge in [0.2, 0.25) is 5.91 Å². The fourth-order valence-electron chi connectivity index (χ4n) is 2.12. The molecule has 0 aromatic heterocycles. The van der Waals surface area contributed by atoms with E-state index in [1.165, 1.54) is 0 Å². The molecule has 0 radical (unpaired) electrons. The third kappa shape index (κ3) is 4.66. The maximum Gasteiger partial charge on any atom is 0.333 e. The molecule has 0 bridgehead atoms. The van der Waals surface area contributed by atoms with Gasteiger partial charge in [0, 0.05) is 17.0 Å². The van der Waals surface area contributed by atoms with Crippen molar-refractivity contribution in [1.29, 1.82) is 0 Å². The van der Waals surface area contributed by atoms with Crippen LogP contribution in [0.3, 0.4) is 0 Å². The Kier molecular flexibility index (Phi) is 5.78. The molecule has 0 saturated heterocycles. The van der Waals surface area contributed by atoms with Crippen LogP contribution in [0.15, 0.2) is 12.2 Å². The van der Waals surface area contributed by atoms with Gasteiger partial charge in [0.25, 0.3) is 0 Å². The topological polar surface area (TPSA) is 55.4 Å². The van der Waals surface area contributed by atoms with Crippen molar-refractivity contribution in [3.63, 3.8) is 0 Å². The van der Waals surface area contributed by atoms with Gasteiger partial charge < -0.3 is 10.1 Å². The highest BCUT2D eigenvalue weighted by Crippen LogP contribution is 2.25. The van der Waals surface area contributed by atoms with Gasteiger partial charge in [-0.25, -0.2) is 4.79 Å². The molecule has 1 N–H and O–H groups in total. The first-order chi connectivity index (χ1) is 9.26. The second-order valence-corrected chi connectivity index (χ2v) is 6.37. The first kappa shape index (κ1) is 16.7. The van der Waals surface area contributed by atoms with Crippen LogP contribution in [0.1, 0.15) is 59.8 Å². The van der Waals surface area contributed by atoms with Crippen LogP contribution < -0.4 is 5.32 Å². The van der Waals surface area contributed by atoms with E-state index in [4.69, 9.17) is 4.74 Å². The Bertz CT molecular complexity index is 379. The largest absolute Gasteiger partial charge is 0.459 e. The lowest BCUT2D eigenvalue weighted by molar-refractivity contribution is -0.146. The van der Waals surface area contributed by atoms with Crippen molar-refractivity contribution >= 4 is 11.9 Å². The predicted molar refractivity (Wildman–Crippen MR) is 79.2 cm³/mol. The molecule has 1 amide bonds. The van der Waals surface area contributed by atoms with E-state index in [1.807, 2.05) is 20.8 Å². The molecule has 0 unspecified atom stereocenters. The quantitative estimate of drug-likeness (QED) is 0.622. The number of esters is 1. The summed E-state index contributed by atoms with van der Waals surface area (Å²) < 4.78 is 5.34. The van der Waals surface area contributed by atoms with E-state index in [0.717, 1.165) is 32.1 Å². The average Bonchev–Trinajstić information content (AvgIpc) is 2.40. The van der Waals surface area contributed by atoms with E-state index in [-0.39, 0.29) is 29.4 Å². The molecule has 0 aromatic rings. The number of hydrogen-bond acceptors (Lipinski definition) is 3. The van der Waals surface area contributed by atoms with Crippen molar-refractivity contribution in [2.24, 2.45) is 5.41 Å². The summed E-state index contributed by atoms with van der Waals surface area (Å²) in [6.07, 6.45) is 4.11. The van der Waals surface area contributed by atoms with Crippen LogP contribution in [-0.2, 0) is 14.3 Å². The summed E-state index contributed by atoms with van der Waals surface area (Å²) in [5, 5.41) is 3.11. The van der Waals surface area contributed by atoms with Crippen LogP contribution in [0, 0.1) is 5.41 Å². The van der Waals surface area contributed by atoms with Gasteiger partial charge in [-0.1, -0.05) is 27.4 Å². The molecule has 1 aliphatic carbocycles. The van der Waals surface area contributed by atoms with Gasteiger partial charge in [-0.2, -0.15) is 0 Å². The molecule has 1 fully saturated rings. The lowest BCUT2D eigenvalue weighted by atomic mass is 9.87. The molecular weight excluding hydrogens is 254 g/mol. The summed E-state index contributed by atoms with van der Waals surface area (Å²) in [7, 11) is 0. The highest BCUT2D eigenvalue weighted by Gasteiger charge is 2.30. The Morgan fingerprint density at radius 1 is 1.25 bits per heavy atom. The molecule has 0 atom stereocenters. The third-order valence-corrected chi connectivity index (χ3v) is 4.13. The first-order valence-corrected chi connectivity index (χ1v) is 7.43. The summed E-state index contributed by atoms with van der Waals surface area (Å²) >= 11 is 0. The SMILES string of the molecule is C=C(C)C(=O)OC1CCC(NC(=O)C(C)(C)CC)CC1. The van der Waals surface area contributed by atoms with E-state index < -0.39 is 0 Å². The van der Waals surface area contributed by atoms with E-state index in [1.54, 1.807) is 6.92 Å². The molecule has 4 nitrogen and oxygen atoms in total. The Morgan fingerprint density at radius 3 is 2.25 bits per heavy atom. The summed E-state index contributed by atoms with van der Waals surface area (Å²) in [6.45, 7) is 11.2. The number of carbonyl (C=O) groups excluding carboxylic acids is 2. The molecule has 20 heavy (non-hydrogen) atoms. The Morgan fingerprint density at radius 2 is 1.80 bits per heavy atom. The molecule has 0 aliphatic heterocycles. The Balaban J connectivity index is 2.38. The lowest BCUT2D eigenvalue weighted by Gasteiger charge is -2.31. The van der Waals surface area contributed by atoms with Crippen LogP contribution in [0.2, 0.25) is 0 Å². The minimum Gasteiger partial charge on any atom is -0.459 e. The molecule has 1 aliphatic rings. The van der Waals surface area contributed by atoms with Gasteiger partial charge >= 0.3 is 5.97 Å². The number of rotatable bonds is 5. The lowest BCUT2D eigenvalue weighted by Crippen LogP contribution is -2.45. The second-order valence-electron chi connectivity index (χ2n) is 6.37. The highest BCUT2D eigenvalue weighted by atomic mass is 16.5. The normalized spacial score (nSPS) is 23.0. The van der Waals surface area contributed by atoms with Crippen molar-refractivity contribution in [3.8, 4) is 0 Å². The Labute approximate surface area is 122 Å². The van der Waals surface area contributed by atoms with Crippen molar-refractivity contribution in [1.82, 2.24) is 5.32 Å². The zero-order valence-corrected chi connectivity index (χ0v) is 13.1. The van der Waals surface area contributed by atoms with Crippen molar-refractivity contribution in [2.45, 2.75) is 71.9 Å². The van der Waals surface area contributed by atoms with E-state index in [0.29, 0.717) is 5.57 Å². The fraction of sp³-hybridized carbons (Fsp3) is 0.750. The van der Waals surface area contributed by atoms with Crippen molar-refractivity contribution in [2.75, 3.05) is 0 Å². The molecule has 1 saturated carbocycles. The third-order valence-electron chi connectivity index (χ3n) is 4.13.